The molecule has 0 aromatic heterocycles. The SMILES string of the molecule is CCC(NC(=O)c1ccc(C)c(NS(=O)(=O)c2ccc(C)cc2)c1)c1ccccc1C. The van der Waals surface area contributed by atoms with E-state index in [4.69, 9.17) is 0 Å². The monoisotopic (exact) mass is 436 g/mol. The van der Waals surface area contributed by atoms with Gasteiger partial charge in [-0.1, -0.05) is 55.0 Å². The molecule has 0 spiro atoms. The Morgan fingerprint density at radius 1 is 0.903 bits per heavy atom. The molecule has 162 valence electrons. The summed E-state index contributed by atoms with van der Waals surface area (Å²) in [5.74, 6) is -0.245. The Morgan fingerprint density at radius 2 is 1.58 bits per heavy atom. The average molecular weight is 437 g/mol. The van der Waals surface area contributed by atoms with E-state index in [0.29, 0.717) is 11.3 Å². The second-order valence-electron chi connectivity index (χ2n) is 7.74. The van der Waals surface area contributed by atoms with E-state index in [-0.39, 0.29) is 16.8 Å². The van der Waals surface area contributed by atoms with Gasteiger partial charge < -0.3 is 5.32 Å². The molecule has 5 nitrogen and oxygen atoms in total. The first-order valence-corrected chi connectivity index (χ1v) is 11.8. The maximum Gasteiger partial charge on any atom is 0.261 e. The van der Waals surface area contributed by atoms with Crippen molar-refractivity contribution in [1.29, 1.82) is 0 Å². The Kier molecular flexibility index (Phi) is 6.81. The molecular weight excluding hydrogens is 408 g/mol. The van der Waals surface area contributed by atoms with Crippen LogP contribution in [0.15, 0.2) is 71.6 Å². The Labute approximate surface area is 184 Å². The first kappa shape index (κ1) is 22.6. The van der Waals surface area contributed by atoms with Crippen LogP contribution in [0.4, 0.5) is 5.69 Å². The largest absolute Gasteiger partial charge is 0.345 e. The Morgan fingerprint density at radius 3 is 2.23 bits per heavy atom. The second kappa shape index (κ2) is 9.35. The van der Waals surface area contributed by atoms with Crippen molar-refractivity contribution in [2.24, 2.45) is 0 Å². The van der Waals surface area contributed by atoms with Gasteiger partial charge in [-0.3, -0.25) is 9.52 Å². The van der Waals surface area contributed by atoms with Crippen molar-refractivity contribution in [3.8, 4) is 0 Å². The minimum absolute atomic E-state index is 0.122. The van der Waals surface area contributed by atoms with Gasteiger partial charge >= 0.3 is 0 Å². The summed E-state index contributed by atoms with van der Waals surface area (Å²) in [6, 6.07) is 19.5. The van der Waals surface area contributed by atoms with Crippen LogP contribution in [-0.4, -0.2) is 14.3 Å². The van der Waals surface area contributed by atoms with Crippen LogP contribution in [0.2, 0.25) is 0 Å². The molecule has 6 heteroatoms. The smallest absolute Gasteiger partial charge is 0.261 e. The van der Waals surface area contributed by atoms with Crippen LogP contribution in [0.3, 0.4) is 0 Å². The maximum absolute atomic E-state index is 12.9. The number of anilines is 1. The molecule has 0 aliphatic heterocycles. The zero-order valence-electron chi connectivity index (χ0n) is 18.3. The molecule has 3 aromatic rings. The molecule has 31 heavy (non-hydrogen) atoms. The number of sulfonamides is 1. The third-order valence-corrected chi connectivity index (χ3v) is 6.73. The summed E-state index contributed by atoms with van der Waals surface area (Å²) in [4.78, 5) is 13.1. The average Bonchev–Trinajstić information content (AvgIpc) is 2.74. The van der Waals surface area contributed by atoms with Gasteiger partial charge in [0.25, 0.3) is 15.9 Å². The lowest BCUT2D eigenvalue weighted by Gasteiger charge is -2.20. The summed E-state index contributed by atoms with van der Waals surface area (Å²) in [7, 11) is -3.75. The van der Waals surface area contributed by atoms with E-state index in [9.17, 15) is 13.2 Å². The molecule has 1 amide bonds. The Hall–Kier alpha value is -3.12. The first-order valence-electron chi connectivity index (χ1n) is 10.3. The van der Waals surface area contributed by atoms with Crippen LogP contribution in [0.5, 0.6) is 0 Å². The first-order chi connectivity index (χ1) is 14.7. The van der Waals surface area contributed by atoms with E-state index >= 15 is 0 Å². The molecule has 0 bridgehead atoms. The van der Waals surface area contributed by atoms with Gasteiger partial charge in [0.05, 0.1) is 16.6 Å². The van der Waals surface area contributed by atoms with E-state index in [1.807, 2.05) is 45.0 Å². The van der Waals surface area contributed by atoms with Crippen molar-refractivity contribution < 1.29 is 13.2 Å². The van der Waals surface area contributed by atoms with Gasteiger partial charge in [0, 0.05) is 5.56 Å². The van der Waals surface area contributed by atoms with Gasteiger partial charge in [-0.05, 0) is 68.1 Å². The lowest BCUT2D eigenvalue weighted by molar-refractivity contribution is 0.0935. The predicted octanol–water partition coefficient (Wildman–Crippen LogP) is 5.29. The number of amides is 1. The van der Waals surface area contributed by atoms with Crippen molar-refractivity contribution in [1.82, 2.24) is 5.32 Å². The molecule has 1 unspecified atom stereocenters. The predicted molar refractivity (Wildman–Crippen MR) is 125 cm³/mol. The van der Waals surface area contributed by atoms with Gasteiger partial charge in [-0.2, -0.15) is 0 Å². The fourth-order valence-electron chi connectivity index (χ4n) is 3.41. The normalized spacial score (nSPS) is 12.3. The van der Waals surface area contributed by atoms with Crippen molar-refractivity contribution in [2.75, 3.05) is 4.72 Å². The maximum atomic E-state index is 12.9. The fourth-order valence-corrected chi connectivity index (χ4v) is 4.54. The number of benzene rings is 3. The molecule has 2 N–H and O–H groups in total. The van der Waals surface area contributed by atoms with Gasteiger partial charge in [0.2, 0.25) is 0 Å². The number of hydrogen-bond donors (Lipinski definition) is 2. The van der Waals surface area contributed by atoms with Gasteiger partial charge in [-0.15, -0.1) is 0 Å². The molecule has 0 saturated carbocycles. The van der Waals surface area contributed by atoms with Crippen molar-refractivity contribution in [2.45, 2.75) is 45.1 Å². The lowest BCUT2D eigenvalue weighted by atomic mass is 9.99. The van der Waals surface area contributed by atoms with Crippen LogP contribution < -0.4 is 10.0 Å². The van der Waals surface area contributed by atoms with Gasteiger partial charge in [0.1, 0.15) is 0 Å². The van der Waals surface area contributed by atoms with E-state index in [2.05, 4.69) is 10.0 Å². The van der Waals surface area contributed by atoms with Crippen LogP contribution in [0.25, 0.3) is 0 Å². The summed E-state index contributed by atoms with van der Waals surface area (Å²) >= 11 is 0. The fraction of sp³-hybridized carbons (Fsp3) is 0.240. The second-order valence-corrected chi connectivity index (χ2v) is 9.42. The molecule has 3 aromatic carbocycles. The molecule has 3 rings (SSSR count). The molecule has 0 aliphatic rings. The summed E-state index contributed by atoms with van der Waals surface area (Å²) in [6.07, 6.45) is 0.745. The highest BCUT2D eigenvalue weighted by molar-refractivity contribution is 7.92. The van der Waals surface area contributed by atoms with Gasteiger partial charge in [0.15, 0.2) is 0 Å². The topological polar surface area (TPSA) is 75.3 Å². The third-order valence-electron chi connectivity index (χ3n) is 5.35. The van der Waals surface area contributed by atoms with Crippen LogP contribution in [0.1, 0.15) is 52.0 Å². The highest BCUT2D eigenvalue weighted by Gasteiger charge is 2.19. The molecule has 1 atom stereocenters. The standard InChI is InChI=1S/C25H28N2O3S/c1-5-23(22-9-7-6-8-18(22)3)26-25(28)20-13-12-19(4)24(16-20)27-31(29,30)21-14-10-17(2)11-15-21/h6-16,23,27H,5H2,1-4H3,(H,26,28). The minimum Gasteiger partial charge on any atom is -0.345 e. The molecular formula is C25H28N2O3S. The van der Waals surface area contributed by atoms with Crippen LogP contribution in [-0.2, 0) is 10.0 Å². The van der Waals surface area contributed by atoms with Crippen LogP contribution >= 0.6 is 0 Å². The number of carbonyl (C=O) groups is 1. The summed E-state index contributed by atoms with van der Waals surface area (Å²) < 4.78 is 28.2. The van der Waals surface area contributed by atoms with Crippen LogP contribution in [0, 0.1) is 20.8 Å². The summed E-state index contributed by atoms with van der Waals surface area (Å²) in [5.41, 5.74) is 4.69. The molecule has 0 fully saturated rings. The quantitative estimate of drug-likeness (QED) is 0.528. The zero-order valence-corrected chi connectivity index (χ0v) is 19.1. The van der Waals surface area contributed by atoms with Gasteiger partial charge in [-0.25, -0.2) is 8.42 Å². The Balaban J connectivity index is 1.84. The summed E-state index contributed by atoms with van der Waals surface area (Å²) in [5, 5.41) is 3.07. The van der Waals surface area contributed by atoms with Crippen molar-refractivity contribution in [3.63, 3.8) is 0 Å². The number of hydrogen-bond acceptors (Lipinski definition) is 3. The molecule has 0 saturated heterocycles. The molecule has 0 radical (unpaired) electrons. The molecule has 0 aliphatic carbocycles. The highest BCUT2D eigenvalue weighted by atomic mass is 32.2. The number of nitrogens with one attached hydrogen (secondary N) is 2. The van der Waals surface area contributed by atoms with Crippen molar-refractivity contribution >= 4 is 21.6 Å². The van der Waals surface area contributed by atoms with E-state index in [1.165, 1.54) is 0 Å². The summed E-state index contributed by atoms with van der Waals surface area (Å²) in [6.45, 7) is 7.75. The number of rotatable bonds is 7. The Bertz CT molecular complexity index is 1190. The minimum atomic E-state index is -3.75. The van der Waals surface area contributed by atoms with Crippen molar-refractivity contribution in [3.05, 3.63) is 94.5 Å². The van der Waals surface area contributed by atoms with E-state index < -0.39 is 10.0 Å². The lowest BCUT2D eigenvalue weighted by Crippen LogP contribution is -2.28. The van der Waals surface area contributed by atoms with E-state index in [1.54, 1.807) is 49.4 Å². The third kappa shape index (κ3) is 5.33. The van der Waals surface area contributed by atoms with E-state index in [0.717, 1.165) is 28.7 Å². The number of carbonyl (C=O) groups excluding carboxylic acids is 1. The highest BCUT2D eigenvalue weighted by Crippen LogP contribution is 2.24. The molecule has 0 heterocycles. The number of aryl methyl sites for hydroxylation is 3. The zero-order chi connectivity index (χ0) is 22.6.